The van der Waals surface area contributed by atoms with Crippen molar-refractivity contribution < 1.29 is 23.8 Å². The van der Waals surface area contributed by atoms with Gasteiger partial charge in [-0.15, -0.1) is 0 Å². The molecular weight excluding hydrogens is 432 g/mol. The number of aryl methyl sites for hydroxylation is 1. The molecule has 2 aliphatic heterocycles. The molecule has 180 valence electrons. The van der Waals surface area contributed by atoms with E-state index in [1.807, 2.05) is 51.1 Å². The number of methoxy groups -OCH3 is 1. The van der Waals surface area contributed by atoms with E-state index in [-0.39, 0.29) is 12.0 Å². The first-order chi connectivity index (χ1) is 16.3. The average molecular weight is 465 g/mol. The van der Waals surface area contributed by atoms with Crippen molar-refractivity contribution in [1.82, 2.24) is 9.47 Å². The molecule has 7 heteroatoms. The monoisotopic (exact) mass is 464 g/mol. The van der Waals surface area contributed by atoms with Crippen molar-refractivity contribution in [1.29, 1.82) is 0 Å². The lowest BCUT2D eigenvalue weighted by atomic mass is 10.0. The molecule has 0 aliphatic carbocycles. The average Bonchev–Trinajstić information content (AvgIpc) is 3.49. The van der Waals surface area contributed by atoms with Crippen molar-refractivity contribution >= 4 is 18.0 Å². The summed E-state index contributed by atoms with van der Waals surface area (Å²) in [5.74, 6) is 0.119. The van der Waals surface area contributed by atoms with Crippen LogP contribution in [0.15, 0.2) is 47.2 Å². The fourth-order valence-electron chi connectivity index (χ4n) is 4.78. The molecule has 34 heavy (non-hydrogen) atoms. The van der Waals surface area contributed by atoms with Gasteiger partial charge in [0.1, 0.15) is 5.75 Å². The normalized spacial score (nSPS) is 19.4. The van der Waals surface area contributed by atoms with Crippen LogP contribution in [-0.4, -0.2) is 54.3 Å². The fraction of sp³-hybridized carbons (Fsp3) is 0.407. The third-order valence-electron chi connectivity index (χ3n) is 6.49. The van der Waals surface area contributed by atoms with Crippen molar-refractivity contribution in [3.8, 4) is 11.4 Å². The molecule has 1 aromatic heterocycles. The minimum absolute atomic E-state index is 0.0122. The summed E-state index contributed by atoms with van der Waals surface area (Å²) in [4.78, 5) is 27.8. The highest BCUT2D eigenvalue weighted by molar-refractivity contribution is 6.16. The quantitative estimate of drug-likeness (QED) is 0.450. The molecule has 1 fully saturated rings. The summed E-state index contributed by atoms with van der Waals surface area (Å²) in [6.45, 7) is 9.54. The molecule has 0 bridgehead atoms. The molecule has 1 amide bonds. The summed E-state index contributed by atoms with van der Waals surface area (Å²) in [6.07, 6.45) is 3.69. The molecular formula is C27H32N2O5. The molecule has 1 aromatic carbocycles. The van der Waals surface area contributed by atoms with Crippen molar-refractivity contribution in [2.24, 2.45) is 0 Å². The zero-order chi connectivity index (χ0) is 24.4. The zero-order valence-electron chi connectivity index (χ0n) is 20.5. The Kier molecular flexibility index (Phi) is 6.93. The van der Waals surface area contributed by atoms with Crippen molar-refractivity contribution in [3.05, 3.63) is 64.1 Å². The summed E-state index contributed by atoms with van der Waals surface area (Å²) in [5, 5.41) is 0. The molecule has 0 radical (unpaired) electrons. The number of hydrogen-bond acceptors (Lipinski definition) is 5. The SMILES string of the molecule is CCOc1ccc(-n2c(C)cc(/C=C3\C(=O)N(CC4CCCO4)C(C)=C3C(=O)OC)c2C)cc1. The predicted molar refractivity (Wildman–Crippen MR) is 130 cm³/mol. The minimum atomic E-state index is -0.507. The molecule has 0 N–H and O–H groups in total. The Morgan fingerprint density at radius 2 is 1.94 bits per heavy atom. The number of rotatable bonds is 7. The van der Waals surface area contributed by atoms with Gasteiger partial charge < -0.3 is 23.7 Å². The molecule has 0 saturated carbocycles. The van der Waals surface area contributed by atoms with Gasteiger partial charge in [0, 0.05) is 29.4 Å². The highest BCUT2D eigenvalue weighted by Gasteiger charge is 2.38. The van der Waals surface area contributed by atoms with E-state index in [9.17, 15) is 9.59 Å². The Balaban J connectivity index is 1.71. The highest BCUT2D eigenvalue weighted by Crippen LogP contribution is 2.34. The Labute approximate surface area is 200 Å². The van der Waals surface area contributed by atoms with Crippen LogP contribution >= 0.6 is 0 Å². The lowest BCUT2D eigenvalue weighted by molar-refractivity contribution is -0.136. The number of allylic oxidation sites excluding steroid dienone is 1. The van der Waals surface area contributed by atoms with Crippen LogP contribution in [0.5, 0.6) is 5.75 Å². The summed E-state index contributed by atoms with van der Waals surface area (Å²) < 4.78 is 18.4. The number of aromatic nitrogens is 1. The Hall–Kier alpha value is -3.32. The van der Waals surface area contributed by atoms with Crippen LogP contribution in [0.4, 0.5) is 0 Å². The zero-order valence-corrected chi connectivity index (χ0v) is 20.5. The Morgan fingerprint density at radius 1 is 1.21 bits per heavy atom. The van der Waals surface area contributed by atoms with Gasteiger partial charge in [0.25, 0.3) is 5.91 Å². The second kappa shape index (κ2) is 9.89. The van der Waals surface area contributed by atoms with E-state index < -0.39 is 5.97 Å². The summed E-state index contributed by atoms with van der Waals surface area (Å²) in [6, 6.07) is 9.94. The topological polar surface area (TPSA) is 70.0 Å². The lowest BCUT2D eigenvalue weighted by Crippen LogP contribution is -2.33. The molecule has 0 spiro atoms. The Morgan fingerprint density at radius 3 is 2.56 bits per heavy atom. The first-order valence-electron chi connectivity index (χ1n) is 11.7. The molecule has 4 rings (SSSR count). The number of amides is 1. The van der Waals surface area contributed by atoms with Crippen LogP contribution in [0.25, 0.3) is 11.8 Å². The maximum atomic E-state index is 13.4. The molecule has 2 aromatic rings. The van der Waals surface area contributed by atoms with Gasteiger partial charge in [0.05, 0.1) is 37.5 Å². The van der Waals surface area contributed by atoms with Gasteiger partial charge in [-0.2, -0.15) is 0 Å². The van der Waals surface area contributed by atoms with Gasteiger partial charge in [-0.1, -0.05) is 0 Å². The fourth-order valence-corrected chi connectivity index (χ4v) is 4.78. The molecule has 1 atom stereocenters. The second-order valence-electron chi connectivity index (χ2n) is 8.65. The first kappa shape index (κ1) is 23.8. The van der Waals surface area contributed by atoms with Crippen LogP contribution in [0.2, 0.25) is 0 Å². The third kappa shape index (κ3) is 4.40. The largest absolute Gasteiger partial charge is 0.494 e. The van der Waals surface area contributed by atoms with Crippen LogP contribution in [-0.2, 0) is 19.1 Å². The van der Waals surface area contributed by atoms with Gasteiger partial charge in [0.2, 0.25) is 0 Å². The smallest absolute Gasteiger partial charge is 0.340 e. The van der Waals surface area contributed by atoms with Gasteiger partial charge in [-0.25, -0.2) is 4.79 Å². The number of nitrogens with zero attached hydrogens (tertiary/aromatic N) is 2. The molecule has 7 nitrogen and oxygen atoms in total. The molecule has 2 aliphatic rings. The second-order valence-corrected chi connectivity index (χ2v) is 8.65. The molecule has 1 unspecified atom stereocenters. The lowest BCUT2D eigenvalue weighted by Gasteiger charge is -2.21. The number of carbonyl (C=O) groups is 2. The van der Waals surface area contributed by atoms with Crippen LogP contribution in [0.3, 0.4) is 0 Å². The maximum Gasteiger partial charge on any atom is 0.340 e. The number of hydrogen-bond donors (Lipinski definition) is 0. The molecule has 3 heterocycles. The standard InChI is InChI=1S/C27H32N2O5/c1-6-33-22-11-9-21(10-12-22)29-17(2)14-20(18(29)3)15-24-25(27(31)32-5)19(4)28(26(24)30)16-23-8-7-13-34-23/h9-12,14-15,23H,6-8,13,16H2,1-5H3/b24-15-. The van der Waals surface area contributed by atoms with E-state index in [0.29, 0.717) is 36.6 Å². The van der Waals surface area contributed by atoms with E-state index >= 15 is 0 Å². The molecule has 1 saturated heterocycles. The Bertz CT molecular complexity index is 1150. The summed E-state index contributed by atoms with van der Waals surface area (Å²) in [5.41, 5.74) is 5.16. The van der Waals surface area contributed by atoms with Crippen LogP contribution in [0, 0.1) is 13.8 Å². The van der Waals surface area contributed by atoms with Crippen molar-refractivity contribution in [3.63, 3.8) is 0 Å². The van der Waals surface area contributed by atoms with E-state index in [4.69, 9.17) is 14.2 Å². The third-order valence-corrected chi connectivity index (χ3v) is 6.49. The van der Waals surface area contributed by atoms with Gasteiger partial charge in [0.15, 0.2) is 0 Å². The van der Waals surface area contributed by atoms with Crippen molar-refractivity contribution in [2.45, 2.75) is 46.6 Å². The van der Waals surface area contributed by atoms with Gasteiger partial charge in [-0.05, 0) is 82.5 Å². The van der Waals surface area contributed by atoms with E-state index in [2.05, 4.69) is 4.57 Å². The van der Waals surface area contributed by atoms with Crippen LogP contribution in [0.1, 0.15) is 43.6 Å². The van der Waals surface area contributed by atoms with E-state index in [1.165, 1.54) is 7.11 Å². The predicted octanol–water partition coefficient (Wildman–Crippen LogP) is 4.34. The maximum absolute atomic E-state index is 13.4. The first-order valence-corrected chi connectivity index (χ1v) is 11.7. The minimum Gasteiger partial charge on any atom is -0.494 e. The van der Waals surface area contributed by atoms with E-state index in [1.54, 1.807) is 17.9 Å². The van der Waals surface area contributed by atoms with Crippen molar-refractivity contribution in [2.75, 3.05) is 26.9 Å². The highest BCUT2D eigenvalue weighted by atomic mass is 16.5. The number of ether oxygens (including phenoxy) is 3. The van der Waals surface area contributed by atoms with Gasteiger partial charge in [-0.3, -0.25) is 4.79 Å². The summed E-state index contributed by atoms with van der Waals surface area (Å²) in [7, 11) is 1.34. The van der Waals surface area contributed by atoms with Gasteiger partial charge >= 0.3 is 5.97 Å². The number of carbonyl (C=O) groups excluding carboxylic acids is 2. The van der Waals surface area contributed by atoms with Crippen LogP contribution < -0.4 is 4.74 Å². The number of benzene rings is 1. The summed E-state index contributed by atoms with van der Waals surface area (Å²) >= 11 is 0. The van der Waals surface area contributed by atoms with E-state index in [0.717, 1.165) is 41.2 Å². The number of esters is 1.